The average Bonchev–Trinajstić information content (AvgIpc) is 3.28. The molecule has 1 saturated carbocycles. The Morgan fingerprint density at radius 1 is 0.478 bits per heavy atom. The first-order chi connectivity index (χ1) is 32.8. The summed E-state index contributed by atoms with van der Waals surface area (Å²) in [4.78, 5) is 73.2. The van der Waals surface area contributed by atoms with Gasteiger partial charge in [0.2, 0.25) is 0 Å². The Hall–Kier alpha value is -2.15. The number of aliphatic hydroxyl groups is 3. The van der Waals surface area contributed by atoms with Gasteiger partial charge in [0.15, 0.2) is 6.10 Å². The molecule has 0 spiro atoms. The zero-order chi connectivity index (χ0) is 51.4. The highest BCUT2D eigenvalue weighted by molar-refractivity contribution is 7.47. The van der Waals surface area contributed by atoms with Crippen LogP contribution in [0.1, 0.15) is 168 Å². The van der Waals surface area contributed by atoms with Crippen LogP contribution in [0.3, 0.4) is 0 Å². The van der Waals surface area contributed by atoms with Crippen LogP contribution in [0.4, 0.5) is 0 Å². The summed E-state index contributed by atoms with van der Waals surface area (Å²) >= 11 is 0. The third-order valence-corrected chi connectivity index (χ3v) is 12.9. The van der Waals surface area contributed by atoms with Gasteiger partial charge in [-0.25, -0.2) is 13.7 Å². The van der Waals surface area contributed by atoms with E-state index in [2.05, 4.69) is 83.7 Å². The molecule has 0 bridgehead atoms. The summed E-state index contributed by atoms with van der Waals surface area (Å²) in [5.74, 6) is -1.34. The van der Waals surface area contributed by atoms with Gasteiger partial charge in [-0.15, -0.1) is 0 Å². The highest BCUT2D eigenvalue weighted by atomic mass is 31.2. The topological polar surface area (TPSA) is 303 Å². The van der Waals surface area contributed by atoms with Gasteiger partial charge in [0.25, 0.3) is 0 Å². The average molecular weight is 1050 g/mol. The molecule has 0 aliphatic heterocycles. The summed E-state index contributed by atoms with van der Waals surface area (Å²) in [6.07, 6.45) is 26.6. The molecule has 0 radical (unpaired) electrons. The van der Waals surface area contributed by atoms with Crippen LogP contribution < -0.4 is 0 Å². The molecular weight excluding hydrogens is 961 g/mol. The minimum absolute atomic E-state index is 0.00939. The van der Waals surface area contributed by atoms with E-state index < -0.39 is 91.3 Å². The Balaban J connectivity index is 2.72. The minimum Gasteiger partial charge on any atom is -0.462 e. The second kappa shape index (κ2) is 38.5. The van der Waals surface area contributed by atoms with Crippen LogP contribution >= 0.6 is 23.5 Å². The van der Waals surface area contributed by atoms with E-state index in [0.29, 0.717) is 12.8 Å². The molecule has 0 aromatic heterocycles. The summed E-state index contributed by atoms with van der Waals surface area (Å²) in [6, 6.07) is 0. The fraction of sp³-hybridized carbons (Fsp3) is 0.745. The molecule has 1 rings (SSSR count). The van der Waals surface area contributed by atoms with Gasteiger partial charge in [0.05, 0.1) is 6.61 Å². The van der Waals surface area contributed by atoms with Crippen LogP contribution in [0.15, 0.2) is 60.8 Å². The number of carbonyl (C=O) groups excluding carboxylic acids is 2. The molecule has 0 aromatic carbocycles. The number of allylic oxidation sites excluding steroid dienone is 10. The number of aliphatic hydroxyl groups excluding tert-OH is 3. The van der Waals surface area contributed by atoms with Gasteiger partial charge in [-0.3, -0.25) is 27.7 Å². The number of phosphoric acid groups is 3. The lowest BCUT2D eigenvalue weighted by molar-refractivity contribution is -0.213. The van der Waals surface area contributed by atoms with E-state index in [1.165, 1.54) is 44.9 Å². The normalized spacial score (nSPS) is 21.8. The van der Waals surface area contributed by atoms with Crippen molar-refractivity contribution in [3.8, 4) is 0 Å². The minimum atomic E-state index is -5.61. The van der Waals surface area contributed by atoms with Crippen molar-refractivity contribution in [1.29, 1.82) is 0 Å². The Kier molecular flexibility index (Phi) is 36.2. The van der Waals surface area contributed by atoms with E-state index in [1.54, 1.807) is 0 Å². The van der Waals surface area contributed by atoms with Gasteiger partial charge in [0.1, 0.15) is 43.2 Å². The van der Waals surface area contributed by atoms with E-state index in [4.69, 9.17) is 18.5 Å². The summed E-state index contributed by atoms with van der Waals surface area (Å²) in [7, 11) is -16.6. The number of esters is 2. The van der Waals surface area contributed by atoms with E-state index in [0.717, 1.165) is 83.5 Å². The van der Waals surface area contributed by atoms with Gasteiger partial charge in [0, 0.05) is 12.8 Å². The number of phosphoric ester groups is 3. The number of rotatable bonds is 41. The third kappa shape index (κ3) is 34.8. The highest BCUT2D eigenvalue weighted by Crippen LogP contribution is 2.51. The maximum atomic E-state index is 13.1. The van der Waals surface area contributed by atoms with Crippen molar-refractivity contribution in [2.24, 2.45) is 0 Å². The van der Waals surface area contributed by atoms with Crippen LogP contribution in [-0.4, -0.2) is 108 Å². The number of carbonyl (C=O) groups is 2. The van der Waals surface area contributed by atoms with Crippen molar-refractivity contribution in [3.05, 3.63) is 60.8 Å². The molecule has 22 heteroatoms. The molecule has 0 heterocycles. The molecule has 1 aliphatic rings. The van der Waals surface area contributed by atoms with E-state index >= 15 is 0 Å². The monoisotopic (exact) mass is 1040 g/mol. The standard InChI is InChI=1S/C47H83O19P3/c1-3-5-7-9-11-13-15-17-18-19-20-21-22-24-25-27-29-31-33-35-40(48)61-37-39(63-41(49)36-34-32-30-28-26-23-16-14-12-10-8-6-4-2)38-62-69(59,60)66-45-42(50)43(51)46(64-67(53,54)55)47(44(45)52)65-68(56,57)58/h5,7,11,13,17-18,20-21,24-25,39,42-47,50-52H,3-4,6,8-10,12,14-16,19,22-23,26-38H2,1-2H3,(H,59,60)(H2,53,54,55)(H2,56,57,58)/b7-5-,13-11-,18-17-,21-20-,25-24-/t39-,42?,43?,44?,45+,46?,47+/m1/s1. The molecule has 1 fully saturated rings. The molecule has 5 unspecified atom stereocenters. The fourth-order valence-corrected chi connectivity index (χ4v) is 9.29. The number of hydrogen-bond donors (Lipinski definition) is 8. The smallest absolute Gasteiger partial charge is 0.462 e. The number of ether oxygens (including phenoxy) is 2. The van der Waals surface area contributed by atoms with Crippen molar-refractivity contribution in [3.63, 3.8) is 0 Å². The zero-order valence-corrected chi connectivity index (χ0v) is 43.3. The van der Waals surface area contributed by atoms with Gasteiger partial charge in [-0.05, 0) is 57.8 Å². The number of hydrogen-bond acceptors (Lipinski definition) is 14. The molecule has 0 saturated heterocycles. The van der Waals surface area contributed by atoms with Gasteiger partial charge < -0.3 is 49.3 Å². The first kappa shape index (κ1) is 64.9. The van der Waals surface area contributed by atoms with Crippen molar-refractivity contribution in [2.75, 3.05) is 13.2 Å². The van der Waals surface area contributed by atoms with Crippen LogP contribution in [0, 0.1) is 0 Å². The van der Waals surface area contributed by atoms with E-state index in [-0.39, 0.29) is 12.8 Å². The zero-order valence-electron chi connectivity index (χ0n) is 40.6. The van der Waals surface area contributed by atoms with Gasteiger partial charge >= 0.3 is 35.4 Å². The Bertz CT molecular complexity index is 1670. The second-order valence-corrected chi connectivity index (χ2v) is 20.8. The molecule has 19 nitrogen and oxygen atoms in total. The van der Waals surface area contributed by atoms with Crippen LogP contribution in [0.5, 0.6) is 0 Å². The quantitative estimate of drug-likeness (QED) is 0.0122. The SMILES string of the molecule is CC/C=C\C/C=C\C/C=C\C/C=C\C/C=C\CCCCCC(=O)OC[C@H](COP(=O)(O)O[C@H]1C(O)C(O)C(OP(=O)(O)O)[C@@H](OP(=O)(O)O)C1O)OC(=O)CCCCCCCCCCCCCCC. The Labute approximate surface area is 409 Å². The molecule has 400 valence electrons. The molecule has 8 N–H and O–H groups in total. The molecule has 0 amide bonds. The van der Waals surface area contributed by atoms with E-state index in [1.807, 2.05) is 0 Å². The molecule has 1 aliphatic carbocycles. The predicted octanol–water partition coefficient (Wildman–Crippen LogP) is 9.18. The van der Waals surface area contributed by atoms with E-state index in [9.17, 15) is 63.1 Å². The number of unbranched alkanes of at least 4 members (excludes halogenated alkanes) is 15. The molecule has 8 atom stereocenters. The Morgan fingerprint density at radius 2 is 0.884 bits per heavy atom. The first-order valence-corrected chi connectivity index (χ1v) is 29.1. The highest BCUT2D eigenvalue weighted by Gasteiger charge is 2.56. The van der Waals surface area contributed by atoms with Crippen molar-refractivity contribution >= 4 is 35.4 Å². The molecule has 0 aromatic rings. The second-order valence-electron chi connectivity index (χ2n) is 17.0. The van der Waals surface area contributed by atoms with Crippen LogP contribution in [-0.2, 0) is 50.9 Å². The molecular formula is C47H83O19P3. The summed E-state index contributed by atoms with van der Waals surface area (Å²) in [5.41, 5.74) is 0. The van der Waals surface area contributed by atoms with Crippen molar-refractivity contribution < 1.29 is 90.6 Å². The molecule has 69 heavy (non-hydrogen) atoms. The largest absolute Gasteiger partial charge is 0.472 e. The summed E-state index contributed by atoms with van der Waals surface area (Å²) in [5, 5.41) is 31.9. The van der Waals surface area contributed by atoms with Crippen LogP contribution in [0.2, 0.25) is 0 Å². The lowest BCUT2D eigenvalue weighted by Crippen LogP contribution is -2.65. The summed E-state index contributed by atoms with van der Waals surface area (Å²) in [6.45, 7) is 2.80. The van der Waals surface area contributed by atoms with Crippen molar-refractivity contribution in [2.45, 2.75) is 211 Å². The first-order valence-electron chi connectivity index (χ1n) is 24.6. The summed E-state index contributed by atoms with van der Waals surface area (Å²) < 4.78 is 65.5. The lowest BCUT2D eigenvalue weighted by Gasteiger charge is -2.44. The lowest BCUT2D eigenvalue weighted by atomic mass is 9.85. The van der Waals surface area contributed by atoms with Crippen LogP contribution in [0.25, 0.3) is 0 Å². The fourth-order valence-electron chi connectivity index (χ4n) is 7.20. The Morgan fingerprint density at radius 3 is 1.36 bits per heavy atom. The van der Waals surface area contributed by atoms with Crippen molar-refractivity contribution in [1.82, 2.24) is 0 Å². The third-order valence-electron chi connectivity index (χ3n) is 10.8. The predicted molar refractivity (Wildman–Crippen MR) is 261 cm³/mol. The van der Waals surface area contributed by atoms with Gasteiger partial charge in [-0.2, -0.15) is 0 Å². The maximum Gasteiger partial charge on any atom is 0.472 e. The van der Waals surface area contributed by atoms with Gasteiger partial charge in [-0.1, -0.05) is 158 Å². The maximum absolute atomic E-state index is 13.1.